The number of fused-ring (bicyclic) bond motifs is 1. The molecule has 0 saturated carbocycles. The first-order valence-electron chi connectivity index (χ1n) is 12.1. The Kier molecular flexibility index (Phi) is 7.74. The molecule has 0 aliphatic carbocycles. The number of hydrogen-bond acceptors (Lipinski definition) is 6. The van der Waals surface area contributed by atoms with Crippen molar-refractivity contribution in [3.05, 3.63) is 81.8 Å². The number of ether oxygens (including phenoxy) is 1. The van der Waals surface area contributed by atoms with Gasteiger partial charge in [0.05, 0.1) is 16.1 Å². The maximum absolute atomic E-state index is 13.2. The molecule has 1 aliphatic heterocycles. The third kappa shape index (κ3) is 5.72. The second-order valence-corrected chi connectivity index (χ2v) is 9.77. The van der Waals surface area contributed by atoms with Gasteiger partial charge in [0.1, 0.15) is 12.4 Å². The molecule has 5 rings (SSSR count). The number of aromatic nitrogens is 2. The fourth-order valence-corrected chi connectivity index (χ4v) is 4.45. The van der Waals surface area contributed by atoms with Gasteiger partial charge in [0.25, 0.3) is 5.91 Å². The number of amides is 2. The average molecular weight is 550 g/mol. The highest BCUT2D eigenvalue weighted by atomic mass is 35.5. The predicted octanol–water partition coefficient (Wildman–Crippen LogP) is 5.33. The van der Waals surface area contributed by atoms with Crippen LogP contribution < -0.4 is 15.5 Å². The molecule has 0 atom stereocenters. The third-order valence-electron chi connectivity index (χ3n) is 6.23. The molecule has 2 heterocycles. The lowest BCUT2D eigenvalue weighted by molar-refractivity contribution is -0.124. The second kappa shape index (κ2) is 11.3. The molecule has 194 valence electrons. The van der Waals surface area contributed by atoms with E-state index in [9.17, 15) is 9.59 Å². The van der Waals surface area contributed by atoms with Gasteiger partial charge in [-0.3, -0.25) is 9.59 Å². The van der Waals surface area contributed by atoms with Crippen LogP contribution in [0.4, 0.5) is 11.5 Å². The van der Waals surface area contributed by atoms with Gasteiger partial charge in [-0.05, 0) is 66.6 Å². The van der Waals surface area contributed by atoms with Crippen LogP contribution in [0.2, 0.25) is 10.0 Å². The highest BCUT2D eigenvalue weighted by Gasteiger charge is 2.21. The summed E-state index contributed by atoms with van der Waals surface area (Å²) >= 11 is 12.4. The van der Waals surface area contributed by atoms with E-state index >= 15 is 0 Å². The first kappa shape index (κ1) is 25.9. The van der Waals surface area contributed by atoms with Gasteiger partial charge in [-0.15, -0.1) is 0 Å². The lowest BCUT2D eigenvalue weighted by atomic mass is 10.1. The Morgan fingerprint density at radius 2 is 1.79 bits per heavy atom. The van der Waals surface area contributed by atoms with Gasteiger partial charge < -0.3 is 20.3 Å². The summed E-state index contributed by atoms with van der Waals surface area (Å²) in [5.41, 5.74) is 3.19. The molecule has 0 bridgehead atoms. The number of benzene rings is 3. The van der Waals surface area contributed by atoms with Gasteiger partial charge >= 0.3 is 0 Å². The molecule has 10 heteroatoms. The number of anilines is 2. The SMILES string of the molecule is COCC(=O)NCc1ccc(Cl)c(C(=O)Nc2ccc3c(N4CCC4)nc(-c4ccc(Cl)cc4)nc3c2)c1. The van der Waals surface area contributed by atoms with Crippen LogP contribution in [0, 0.1) is 0 Å². The standard InChI is InChI=1S/C28H25Cl2N5O3/c1-38-16-25(36)31-15-17-3-10-23(30)22(13-17)28(37)32-20-8-9-21-24(14-20)33-26(18-4-6-19(29)7-5-18)34-27(21)35-11-2-12-35/h3-10,13-14H,2,11-12,15-16H2,1H3,(H,31,36)(H,32,37). The zero-order valence-corrected chi connectivity index (χ0v) is 22.1. The Morgan fingerprint density at radius 3 is 2.50 bits per heavy atom. The van der Waals surface area contributed by atoms with Crippen LogP contribution in [-0.2, 0) is 16.1 Å². The van der Waals surface area contributed by atoms with Crippen molar-refractivity contribution in [2.45, 2.75) is 13.0 Å². The van der Waals surface area contributed by atoms with Crippen LogP contribution in [0.15, 0.2) is 60.7 Å². The Balaban J connectivity index is 1.42. The van der Waals surface area contributed by atoms with Crippen molar-refractivity contribution in [1.82, 2.24) is 15.3 Å². The Morgan fingerprint density at radius 1 is 1.00 bits per heavy atom. The van der Waals surface area contributed by atoms with Crippen molar-refractivity contribution < 1.29 is 14.3 Å². The number of carbonyl (C=O) groups is 2. The largest absolute Gasteiger partial charge is 0.375 e. The van der Waals surface area contributed by atoms with Crippen molar-refractivity contribution in [2.75, 3.05) is 37.0 Å². The summed E-state index contributed by atoms with van der Waals surface area (Å²) in [6.45, 7) is 2.09. The summed E-state index contributed by atoms with van der Waals surface area (Å²) in [4.78, 5) is 36.7. The topological polar surface area (TPSA) is 96.4 Å². The highest BCUT2D eigenvalue weighted by Crippen LogP contribution is 2.32. The third-order valence-corrected chi connectivity index (χ3v) is 6.81. The van der Waals surface area contributed by atoms with E-state index in [2.05, 4.69) is 15.5 Å². The van der Waals surface area contributed by atoms with Gasteiger partial charge in [-0.1, -0.05) is 29.3 Å². The number of nitrogens with one attached hydrogen (secondary N) is 2. The Bertz CT molecular complexity index is 1510. The lowest BCUT2D eigenvalue weighted by Gasteiger charge is -2.33. The van der Waals surface area contributed by atoms with Crippen molar-refractivity contribution in [2.24, 2.45) is 0 Å². The summed E-state index contributed by atoms with van der Waals surface area (Å²) in [7, 11) is 1.45. The lowest BCUT2D eigenvalue weighted by Crippen LogP contribution is -2.37. The molecule has 2 amide bonds. The number of nitrogens with zero attached hydrogens (tertiary/aromatic N) is 3. The maximum Gasteiger partial charge on any atom is 0.257 e. The number of carbonyl (C=O) groups excluding carboxylic acids is 2. The second-order valence-electron chi connectivity index (χ2n) is 8.93. The minimum Gasteiger partial charge on any atom is -0.375 e. The molecule has 3 aromatic carbocycles. The molecule has 0 unspecified atom stereocenters. The molecule has 2 N–H and O–H groups in total. The van der Waals surface area contributed by atoms with Gasteiger partial charge in [-0.2, -0.15) is 0 Å². The van der Waals surface area contributed by atoms with Crippen molar-refractivity contribution in [3.8, 4) is 11.4 Å². The zero-order chi connectivity index (χ0) is 26.6. The van der Waals surface area contributed by atoms with E-state index in [-0.39, 0.29) is 25.0 Å². The van der Waals surface area contributed by atoms with E-state index in [0.717, 1.165) is 41.8 Å². The summed E-state index contributed by atoms with van der Waals surface area (Å²) in [6, 6.07) is 18.1. The number of methoxy groups -OCH3 is 1. The normalized spacial score (nSPS) is 12.8. The molecular formula is C28H25Cl2N5O3. The number of halogens is 2. The van der Waals surface area contributed by atoms with Crippen LogP contribution in [0.25, 0.3) is 22.3 Å². The van der Waals surface area contributed by atoms with Crippen LogP contribution in [0.1, 0.15) is 22.3 Å². The molecule has 0 spiro atoms. The maximum atomic E-state index is 13.2. The van der Waals surface area contributed by atoms with E-state index in [4.69, 9.17) is 37.9 Å². The van der Waals surface area contributed by atoms with Crippen LogP contribution in [-0.4, -0.2) is 48.6 Å². The molecule has 1 fully saturated rings. The molecule has 4 aromatic rings. The summed E-state index contributed by atoms with van der Waals surface area (Å²) in [6.07, 6.45) is 1.12. The quantitative estimate of drug-likeness (QED) is 0.308. The van der Waals surface area contributed by atoms with E-state index < -0.39 is 0 Å². The highest BCUT2D eigenvalue weighted by molar-refractivity contribution is 6.34. The predicted molar refractivity (Wildman–Crippen MR) is 150 cm³/mol. The molecule has 8 nitrogen and oxygen atoms in total. The van der Waals surface area contributed by atoms with Crippen LogP contribution in [0.3, 0.4) is 0 Å². The van der Waals surface area contributed by atoms with Gasteiger partial charge in [0.15, 0.2) is 5.82 Å². The van der Waals surface area contributed by atoms with E-state index in [1.807, 2.05) is 42.5 Å². The van der Waals surface area contributed by atoms with E-state index in [1.165, 1.54) is 7.11 Å². The smallest absolute Gasteiger partial charge is 0.257 e. The van der Waals surface area contributed by atoms with Gasteiger partial charge in [-0.25, -0.2) is 9.97 Å². The average Bonchev–Trinajstić information content (AvgIpc) is 2.87. The Hall–Kier alpha value is -3.72. The van der Waals surface area contributed by atoms with Crippen LogP contribution >= 0.6 is 23.2 Å². The first-order chi connectivity index (χ1) is 18.4. The monoisotopic (exact) mass is 549 g/mol. The molecule has 1 aromatic heterocycles. The molecule has 1 aliphatic rings. The molecule has 0 radical (unpaired) electrons. The minimum atomic E-state index is -0.366. The van der Waals surface area contributed by atoms with Gasteiger partial charge in [0.2, 0.25) is 5.91 Å². The number of rotatable bonds is 8. The summed E-state index contributed by atoms with van der Waals surface area (Å²) in [5, 5.41) is 7.52. The van der Waals surface area contributed by atoms with Crippen molar-refractivity contribution >= 4 is 57.4 Å². The van der Waals surface area contributed by atoms with E-state index in [1.54, 1.807) is 18.2 Å². The molecular weight excluding hydrogens is 525 g/mol. The zero-order valence-electron chi connectivity index (χ0n) is 20.6. The Labute approximate surface area is 229 Å². The summed E-state index contributed by atoms with van der Waals surface area (Å²) in [5.74, 6) is 0.845. The van der Waals surface area contributed by atoms with Gasteiger partial charge in [0, 0.05) is 48.4 Å². The summed E-state index contributed by atoms with van der Waals surface area (Å²) < 4.78 is 4.82. The minimum absolute atomic E-state index is 0.0361. The van der Waals surface area contributed by atoms with E-state index in [0.29, 0.717) is 32.6 Å². The van der Waals surface area contributed by atoms with Crippen molar-refractivity contribution in [3.63, 3.8) is 0 Å². The van der Waals surface area contributed by atoms with Crippen molar-refractivity contribution in [1.29, 1.82) is 0 Å². The fourth-order valence-electron chi connectivity index (χ4n) is 4.13. The van der Waals surface area contributed by atoms with Crippen LogP contribution in [0.5, 0.6) is 0 Å². The molecule has 38 heavy (non-hydrogen) atoms. The molecule has 1 saturated heterocycles. The fraction of sp³-hybridized carbons (Fsp3) is 0.214. The first-order valence-corrected chi connectivity index (χ1v) is 12.8. The number of hydrogen-bond donors (Lipinski definition) is 2.